The lowest BCUT2D eigenvalue weighted by atomic mass is 10.1. The van der Waals surface area contributed by atoms with Gasteiger partial charge < -0.3 is 13.4 Å². The van der Waals surface area contributed by atoms with Crippen LogP contribution in [-0.2, 0) is 11.8 Å². The van der Waals surface area contributed by atoms with Crippen molar-refractivity contribution in [1.29, 1.82) is 0 Å². The third kappa shape index (κ3) is 3.53. The van der Waals surface area contributed by atoms with Gasteiger partial charge in [-0.2, -0.15) is 0 Å². The molecule has 9 heteroatoms. The average Bonchev–Trinajstić information content (AvgIpc) is 3.37. The number of hydrogen-bond donors (Lipinski definition) is 0. The molecule has 0 atom stereocenters. The molecule has 3 aromatic rings. The van der Waals surface area contributed by atoms with Crippen LogP contribution in [0.3, 0.4) is 0 Å². The summed E-state index contributed by atoms with van der Waals surface area (Å²) in [6, 6.07) is 3.72. The zero-order valence-corrected chi connectivity index (χ0v) is 19.2. The van der Waals surface area contributed by atoms with Crippen molar-refractivity contribution in [3.63, 3.8) is 0 Å². The minimum atomic E-state index is -0.144. The van der Waals surface area contributed by atoms with Gasteiger partial charge in [0, 0.05) is 26.2 Å². The van der Waals surface area contributed by atoms with Crippen LogP contribution in [0.4, 0.5) is 0 Å². The molecule has 1 saturated heterocycles. The molecule has 0 N–H and O–H groups in total. The van der Waals surface area contributed by atoms with Crippen LogP contribution >= 0.6 is 35.3 Å². The molecule has 30 heavy (non-hydrogen) atoms. The Kier molecular flexibility index (Phi) is 5.21. The highest BCUT2D eigenvalue weighted by molar-refractivity contribution is 8.26. The second kappa shape index (κ2) is 7.57. The van der Waals surface area contributed by atoms with Crippen molar-refractivity contribution >= 4 is 64.3 Å². The number of hydrogen-bond acceptors (Lipinski definition) is 7. The normalized spacial score (nSPS) is 16.5. The summed E-state index contributed by atoms with van der Waals surface area (Å²) in [7, 11) is 3.34. The highest BCUT2D eigenvalue weighted by Crippen LogP contribution is 2.35. The van der Waals surface area contributed by atoms with Gasteiger partial charge in [0.2, 0.25) is 0 Å². The molecule has 0 spiro atoms. The number of aryl methyl sites for hydroxylation is 2. The number of aromatic nitrogens is 1. The Morgan fingerprint density at radius 3 is 2.07 bits per heavy atom. The largest absolute Gasteiger partial charge is 0.453 e. The van der Waals surface area contributed by atoms with Gasteiger partial charge >= 0.3 is 0 Å². The highest BCUT2D eigenvalue weighted by atomic mass is 32.2. The summed E-state index contributed by atoms with van der Waals surface area (Å²) in [5.74, 6) is 2.14. The van der Waals surface area contributed by atoms with Gasteiger partial charge in [-0.25, -0.2) is 0 Å². The molecule has 0 bridgehead atoms. The topological polar surface area (TPSA) is 68.6 Å². The zero-order chi connectivity index (χ0) is 21.7. The van der Waals surface area contributed by atoms with Gasteiger partial charge in [0.25, 0.3) is 11.5 Å². The molecule has 4 heterocycles. The van der Waals surface area contributed by atoms with Crippen LogP contribution in [0.2, 0.25) is 0 Å². The molecule has 0 unspecified atom stereocenters. The van der Waals surface area contributed by atoms with Crippen molar-refractivity contribution in [1.82, 2.24) is 9.47 Å². The number of thiocarbonyl (C=S) groups is 1. The molecule has 0 aromatic carbocycles. The van der Waals surface area contributed by atoms with Gasteiger partial charge in [0.1, 0.15) is 15.8 Å². The summed E-state index contributed by atoms with van der Waals surface area (Å²) in [5.41, 5.74) is 1.66. The Morgan fingerprint density at radius 2 is 1.60 bits per heavy atom. The van der Waals surface area contributed by atoms with Crippen molar-refractivity contribution in [2.75, 3.05) is 7.05 Å². The molecular weight excluding hydrogens is 440 g/mol. The summed E-state index contributed by atoms with van der Waals surface area (Å²) in [4.78, 5) is 26.4. The van der Waals surface area contributed by atoms with Gasteiger partial charge in [-0.05, 0) is 37.1 Å². The number of carbonyl (C=O) groups excluding carboxylic acids is 1. The molecule has 6 nitrogen and oxygen atoms in total. The van der Waals surface area contributed by atoms with Crippen LogP contribution in [0.25, 0.3) is 30.3 Å². The van der Waals surface area contributed by atoms with E-state index >= 15 is 0 Å². The van der Waals surface area contributed by atoms with Gasteiger partial charge in [0.05, 0.1) is 14.1 Å². The molecule has 1 amide bonds. The minimum absolute atomic E-state index is 0.106. The fraction of sp³-hybridized carbons (Fsp3) is 0.190. The maximum absolute atomic E-state index is 12.2. The van der Waals surface area contributed by atoms with E-state index < -0.39 is 0 Å². The van der Waals surface area contributed by atoms with E-state index in [2.05, 4.69) is 6.58 Å². The van der Waals surface area contributed by atoms with Crippen LogP contribution in [0.15, 0.2) is 30.7 Å². The Balaban J connectivity index is 1.72. The fourth-order valence-electron chi connectivity index (χ4n) is 3.02. The van der Waals surface area contributed by atoms with E-state index in [1.54, 1.807) is 26.2 Å². The van der Waals surface area contributed by atoms with E-state index in [-0.39, 0.29) is 11.5 Å². The lowest BCUT2D eigenvalue weighted by Gasteiger charge is -2.03. The van der Waals surface area contributed by atoms with Crippen molar-refractivity contribution in [3.05, 3.63) is 59.2 Å². The predicted octanol–water partition coefficient (Wildman–Crippen LogP) is 2.99. The SMILES string of the molecule is C=c1s/c(=C\c2cc(C)c(-c3oc(/C=C4\SC(=S)N(C)C4=O)cc3C)o2)c(=O)n1C. The number of rotatable bonds is 3. The monoisotopic (exact) mass is 458 g/mol. The van der Waals surface area contributed by atoms with E-state index in [1.807, 2.05) is 26.0 Å². The zero-order valence-electron chi connectivity index (χ0n) is 16.8. The number of thioether (sulfide) groups is 1. The first-order chi connectivity index (χ1) is 14.2. The Hall–Kier alpha value is -2.62. The minimum Gasteiger partial charge on any atom is -0.453 e. The van der Waals surface area contributed by atoms with E-state index in [4.69, 9.17) is 21.1 Å². The number of amides is 1. The standard InChI is InChI=1S/C21H18N2O4S3/c1-10-6-13(8-15-19(24)22(4)12(3)29-15)26-17(10)18-11(2)7-14(27-18)9-16-20(25)23(5)21(28)30-16/h6-9H,3H2,1-2,4-5H3/b15-8-,16-9-. The average molecular weight is 459 g/mol. The predicted molar refractivity (Wildman–Crippen MR) is 125 cm³/mol. The van der Waals surface area contributed by atoms with E-state index in [1.165, 1.54) is 32.6 Å². The Morgan fingerprint density at radius 1 is 1.03 bits per heavy atom. The molecule has 1 aliphatic rings. The van der Waals surface area contributed by atoms with Crippen molar-refractivity contribution in [3.8, 4) is 11.5 Å². The molecular formula is C21H18N2O4S3. The van der Waals surface area contributed by atoms with Crippen LogP contribution in [0, 0.1) is 13.8 Å². The highest BCUT2D eigenvalue weighted by Gasteiger charge is 2.29. The summed E-state index contributed by atoms with van der Waals surface area (Å²) in [6.07, 6.45) is 3.40. The quantitative estimate of drug-likeness (QED) is 0.444. The summed E-state index contributed by atoms with van der Waals surface area (Å²) in [5, 5.41) is 0. The number of carbonyl (C=O) groups is 1. The van der Waals surface area contributed by atoms with Crippen LogP contribution in [0.5, 0.6) is 0 Å². The third-order valence-electron chi connectivity index (χ3n) is 4.73. The molecule has 3 aromatic heterocycles. The van der Waals surface area contributed by atoms with E-state index in [0.717, 1.165) is 11.1 Å². The van der Waals surface area contributed by atoms with Gasteiger partial charge in [0.15, 0.2) is 11.5 Å². The molecule has 0 radical (unpaired) electrons. The van der Waals surface area contributed by atoms with E-state index in [0.29, 0.717) is 41.5 Å². The maximum atomic E-state index is 12.2. The summed E-state index contributed by atoms with van der Waals surface area (Å²) in [6.45, 7) is 7.69. The smallest absolute Gasteiger partial charge is 0.268 e. The second-order valence-electron chi connectivity index (χ2n) is 6.93. The van der Waals surface area contributed by atoms with Gasteiger partial charge in [-0.3, -0.25) is 14.5 Å². The number of furan rings is 2. The van der Waals surface area contributed by atoms with Crippen molar-refractivity contribution < 1.29 is 13.6 Å². The lowest BCUT2D eigenvalue weighted by Crippen LogP contribution is -2.28. The first kappa shape index (κ1) is 20.6. The lowest BCUT2D eigenvalue weighted by molar-refractivity contribution is -0.121. The first-order valence-corrected chi connectivity index (χ1v) is 11.0. The van der Waals surface area contributed by atoms with Crippen LogP contribution < -0.4 is 14.8 Å². The molecule has 0 aliphatic carbocycles. The summed E-state index contributed by atoms with van der Waals surface area (Å²) < 4.78 is 15.2. The van der Waals surface area contributed by atoms with Crippen molar-refractivity contribution in [2.24, 2.45) is 7.05 Å². The Labute approximate surface area is 185 Å². The van der Waals surface area contributed by atoms with Crippen molar-refractivity contribution in [2.45, 2.75) is 13.8 Å². The molecule has 0 saturated carbocycles. The molecule has 1 fully saturated rings. The first-order valence-electron chi connectivity index (χ1n) is 8.95. The van der Waals surface area contributed by atoms with Crippen LogP contribution in [-0.4, -0.2) is 26.7 Å². The number of thiazole rings is 1. The molecule has 154 valence electrons. The number of likely N-dealkylation sites (N-methyl/N-ethyl adjacent to an activating group) is 1. The maximum Gasteiger partial charge on any atom is 0.268 e. The van der Waals surface area contributed by atoms with Crippen LogP contribution in [0.1, 0.15) is 22.6 Å². The number of nitrogens with zero attached hydrogens (tertiary/aromatic N) is 2. The summed E-state index contributed by atoms with van der Waals surface area (Å²) >= 11 is 7.72. The Bertz CT molecular complexity index is 1400. The second-order valence-corrected chi connectivity index (χ2v) is 9.72. The van der Waals surface area contributed by atoms with Gasteiger partial charge in [-0.1, -0.05) is 30.6 Å². The molecule has 4 rings (SSSR count). The molecule has 1 aliphatic heterocycles. The third-order valence-corrected chi connectivity index (χ3v) is 7.24. The fourth-order valence-corrected chi connectivity index (χ4v) is 5.05. The van der Waals surface area contributed by atoms with E-state index in [9.17, 15) is 9.59 Å². The van der Waals surface area contributed by atoms with Gasteiger partial charge in [-0.15, -0.1) is 11.3 Å².